The predicted molar refractivity (Wildman–Crippen MR) is 87.3 cm³/mol. The highest BCUT2D eigenvalue weighted by Crippen LogP contribution is 2.21. The normalized spacial score (nSPS) is 10.4. The maximum Gasteiger partial charge on any atom is 0.244 e. The molecule has 1 aromatic heterocycles. The highest BCUT2D eigenvalue weighted by atomic mass is 35.5. The lowest BCUT2D eigenvalue weighted by atomic mass is 10.1. The number of anilines is 2. The molecule has 5 nitrogen and oxygen atoms in total. The van der Waals surface area contributed by atoms with Crippen molar-refractivity contribution in [1.29, 1.82) is 0 Å². The van der Waals surface area contributed by atoms with Gasteiger partial charge in [0.2, 0.25) is 5.95 Å². The van der Waals surface area contributed by atoms with Crippen molar-refractivity contribution in [2.24, 2.45) is 0 Å². The van der Waals surface area contributed by atoms with Gasteiger partial charge in [0.25, 0.3) is 0 Å². The van der Waals surface area contributed by atoms with Crippen molar-refractivity contribution in [3.05, 3.63) is 40.0 Å². The summed E-state index contributed by atoms with van der Waals surface area (Å²) >= 11 is 12.0. The fourth-order valence-corrected chi connectivity index (χ4v) is 2.25. The van der Waals surface area contributed by atoms with Gasteiger partial charge in [-0.3, -0.25) is 0 Å². The van der Waals surface area contributed by atoms with E-state index in [0.717, 1.165) is 30.8 Å². The first-order valence-corrected chi connectivity index (χ1v) is 7.56. The van der Waals surface area contributed by atoms with Crippen LogP contribution in [0.15, 0.2) is 24.4 Å². The van der Waals surface area contributed by atoms with Gasteiger partial charge in [0.15, 0.2) is 0 Å². The Kier molecular flexibility index (Phi) is 6.02. The maximum absolute atomic E-state index is 6.13. The summed E-state index contributed by atoms with van der Waals surface area (Å²) in [5, 5.41) is 15.5. The van der Waals surface area contributed by atoms with Crippen molar-refractivity contribution in [2.45, 2.75) is 19.8 Å². The van der Waals surface area contributed by atoms with Crippen LogP contribution in [0.5, 0.6) is 0 Å². The molecule has 112 valence electrons. The van der Waals surface area contributed by atoms with Gasteiger partial charge in [0.1, 0.15) is 5.82 Å². The van der Waals surface area contributed by atoms with E-state index >= 15 is 0 Å². The zero-order valence-corrected chi connectivity index (χ0v) is 13.2. The lowest BCUT2D eigenvalue weighted by Crippen LogP contribution is -2.11. The minimum absolute atomic E-state index is 0.501. The molecule has 0 aliphatic carbocycles. The molecule has 0 aliphatic rings. The van der Waals surface area contributed by atoms with Crippen LogP contribution in [0.2, 0.25) is 10.0 Å². The third kappa shape index (κ3) is 5.02. The Bertz CT molecular complexity index is 591. The van der Waals surface area contributed by atoms with Crippen molar-refractivity contribution in [3.63, 3.8) is 0 Å². The summed E-state index contributed by atoms with van der Waals surface area (Å²) in [6.45, 7) is 3.62. The number of rotatable bonds is 7. The summed E-state index contributed by atoms with van der Waals surface area (Å²) in [4.78, 5) is 4.33. The highest BCUT2D eigenvalue weighted by Gasteiger charge is 2.03. The molecule has 2 N–H and O–H groups in total. The number of nitrogens with one attached hydrogen (secondary N) is 2. The van der Waals surface area contributed by atoms with Crippen molar-refractivity contribution in [1.82, 2.24) is 15.2 Å². The molecule has 21 heavy (non-hydrogen) atoms. The average molecular weight is 326 g/mol. The van der Waals surface area contributed by atoms with Crippen LogP contribution in [0.3, 0.4) is 0 Å². The topological polar surface area (TPSA) is 62.7 Å². The van der Waals surface area contributed by atoms with E-state index in [0.29, 0.717) is 22.5 Å². The Balaban J connectivity index is 1.88. The van der Waals surface area contributed by atoms with E-state index in [4.69, 9.17) is 23.2 Å². The van der Waals surface area contributed by atoms with Crippen molar-refractivity contribution in [2.75, 3.05) is 23.7 Å². The number of nitrogens with zero attached hydrogens (tertiary/aromatic N) is 3. The molecular weight excluding hydrogens is 309 g/mol. The lowest BCUT2D eigenvalue weighted by Gasteiger charge is -2.08. The van der Waals surface area contributed by atoms with Crippen LogP contribution in [0, 0.1) is 0 Å². The Morgan fingerprint density at radius 1 is 1.14 bits per heavy atom. The maximum atomic E-state index is 6.13. The number of hydrogen-bond donors (Lipinski definition) is 2. The second-order valence-electron chi connectivity index (χ2n) is 4.50. The molecule has 2 rings (SSSR count). The van der Waals surface area contributed by atoms with E-state index in [1.807, 2.05) is 12.1 Å². The van der Waals surface area contributed by atoms with Gasteiger partial charge in [-0.1, -0.05) is 36.2 Å². The summed E-state index contributed by atoms with van der Waals surface area (Å²) in [7, 11) is 0. The van der Waals surface area contributed by atoms with Gasteiger partial charge in [0, 0.05) is 23.1 Å². The standard InChI is InChI=1S/C14H17Cl2N5/c1-2-6-17-13-9-19-21-14(20-13)18-7-5-10-3-4-11(15)8-12(10)16/h3-4,8-9H,2,5-7H2,1H3,(H2,17,18,20,21). The van der Waals surface area contributed by atoms with Gasteiger partial charge in [-0.15, -0.1) is 5.10 Å². The number of benzene rings is 1. The van der Waals surface area contributed by atoms with Crippen LogP contribution >= 0.6 is 23.2 Å². The summed E-state index contributed by atoms with van der Waals surface area (Å²) < 4.78 is 0. The highest BCUT2D eigenvalue weighted by molar-refractivity contribution is 6.35. The van der Waals surface area contributed by atoms with E-state index in [2.05, 4.69) is 32.7 Å². The molecule has 0 saturated heterocycles. The predicted octanol–water partition coefficient (Wildman–Crippen LogP) is 3.65. The average Bonchev–Trinajstić information content (AvgIpc) is 2.48. The number of halogens is 2. The first-order valence-electron chi connectivity index (χ1n) is 6.80. The molecule has 2 aromatic rings. The third-order valence-corrected chi connectivity index (χ3v) is 3.39. The molecule has 0 spiro atoms. The van der Waals surface area contributed by atoms with Crippen LogP contribution in [0.25, 0.3) is 0 Å². The second kappa shape index (κ2) is 8.00. The summed E-state index contributed by atoms with van der Waals surface area (Å²) in [5.74, 6) is 1.22. The van der Waals surface area contributed by atoms with E-state index in [9.17, 15) is 0 Å². The van der Waals surface area contributed by atoms with Gasteiger partial charge in [-0.2, -0.15) is 10.1 Å². The van der Waals surface area contributed by atoms with Gasteiger partial charge >= 0.3 is 0 Å². The van der Waals surface area contributed by atoms with E-state index < -0.39 is 0 Å². The molecule has 0 saturated carbocycles. The second-order valence-corrected chi connectivity index (χ2v) is 5.35. The van der Waals surface area contributed by atoms with Crippen molar-refractivity contribution >= 4 is 35.0 Å². The van der Waals surface area contributed by atoms with Gasteiger partial charge < -0.3 is 10.6 Å². The summed E-state index contributed by atoms with van der Waals surface area (Å²) in [5.41, 5.74) is 1.03. The molecule has 0 aliphatic heterocycles. The molecule has 0 amide bonds. The summed E-state index contributed by atoms with van der Waals surface area (Å²) in [6, 6.07) is 5.49. The number of aromatic nitrogens is 3. The third-order valence-electron chi connectivity index (χ3n) is 2.81. The molecule has 0 atom stereocenters. The van der Waals surface area contributed by atoms with Crippen molar-refractivity contribution in [3.8, 4) is 0 Å². The summed E-state index contributed by atoms with van der Waals surface area (Å²) in [6.07, 6.45) is 3.39. The van der Waals surface area contributed by atoms with Gasteiger partial charge in [-0.05, 0) is 30.5 Å². The SMILES string of the molecule is CCCNc1cnnc(NCCc2ccc(Cl)cc2Cl)n1. The molecule has 1 aromatic carbocycles. The van der Waals surface area contributed by atoms with Crippen LogP contribution in [-0.4, -0.2) is 28.3 Å². The van der Waals surface area contributed by atoms with E-state index in [1.165, 1.54) is 0 Å². The fourth-order valence-electron chi connectivity index (χ4n) is 1.75. The number of hydrogen-bond acceptors (Lipinski definition) is 5. The Morgan fingerprint density at radius 2 is 2.00 bits per heavy atom. The largest absolute Gasteiger partial charge is 0.369 e. The fraction of sp³-hybridized carbons (Fsp3) is 0.357. The molecule has 7 heteroatoms. The zero-order chi connectivity index (χ0) is 15.1. The van der Waals surface area contributed by atoms with Gasteiger partial charge in [-0.25, -0.2) is 0 Å². The van der Waals surface area contributed by atoms with E-state index in [-0.39, 0.29) is 0 Å². The van der Waals surface area contributed by atoms with Crippen molar-refractivity contribution < 1.29 is 0 Å². The van der Waals surface area contributed by atoms with Crippen LogP contribution in [0.4, 0.5) is 11.8 Å². The van der Waals surface area contributed by atoms with Crippen LogP contribution in [-0.2, 0) is 6.42 Å². The van der Waals surface area contributed by atoms with E-state index in [1.54, 1.807) is 12.3 Å². The molecule has 0 bridgehead atoms. The Labute approximate surface area is 134 Å². The minimum atomic E-state index is 0.501. The molecule has 0 radical (unpaired) electrons. The molecule has 1 heterocycles. The first-order chi connectivity index (χ1) is 10.2. The first kappa shape index (κ1) is 15.8. The Hall–Kier alpha value is -1.59. The molecule has 0 fully saturated rings. The zero-order valence-electron chi connectivity index (χ0n) is 11.7. The van der Waals surface area contributed by atoms with Crippen LogP contribution in [0.1, 0.15) is 18.9 Å². The monoisotopic (exact) mass is 325 g/mol. The van der Waals surface area contributed by atoms with Crippen LogP contribution < -0.4 is 10.6 Å². The quantitative estimate of drug-likeness (QED) is 0.813. The molecule has 0 unspecified atom stereocenters. The minimum Gasteiger partial charge on any atom is -0.369 e. The molecular formula is C14H17Cl2N5. The smallest absolute Gasteiger partial charge is 0.244 e. The lowest BCUT2D eigenvalue weighted by molar-refractivity contribution is 0.909. The van der Waals surface area contributed by atoms with Gasteiger partial charge in [0.05, 0.1) is 6.20 Å². The Morgan fingerprint density at radius 3 is 2.76 bits per heavy atom.